The SMILES string of the molecule is CCOC(=O)[C@@H]1CCC2(C[C@@H]1C)OCCO2. The molecule has 92 valence electrons. The normalized spacial score (nSPS) is 32.9. The first-order valence-corrected chi connectivity index (χ1v) is 6.11. The molecule has 1 heterocycles. The summed E-state index contributed by atoms with van der Waals surface area (Å²) in [4.78, 5) is 11.7. The van der Waals surface area contributed by atoms with E-state index in [4.69, 9.17) is 14.2 Å². The second-order valence-electron chi connectivity index (χ2n) is 4.69. The largest absolute Gasteiger partial charge is 0.466 e. The molecule has 0 bridgehead atoms. The Morgan fingerprint density at radius 1 is 1.44 bits per heavy atom. The van der Waals surface area contributed by atoms with E-state index in [0.29, 0.717) is 19.8 Å². The van der Waals surface area contributed by atoms with Crippen LogP contribution in [0.1, 0.15) is 33.1 Å². The van der Waals surface area contributed by atoms with Crippen molar-refractivity contribution in [2.75, 3.05) is 19.8 Å². The van der Waals surface area contributed by atoms with Crippen molar-refractivity contribution in [2.45, 2.75) is 38.9 Å². The quantitative estimate of drug-likeness (QED) is 0.675. The molecule has 4 heteroatoms. The zero-order valence-corrected chi connectivity index (χ0v) is 10.0. The first-order valence-electron chi connectivity index (χ1n) is 6.11. The Labute approximate surface area is 96.2 Å². The Morgan fingerprint density at radius 2 is 2.12 bits per heavy atom. The zero-order chi connectivity index (χ0) is 11.6. The van der Waals surface area contributed by atoms with Crippen LogP contribution in [0.3, 0.4) is 0 Å². The van der Waals surface area contributed by atoms with Gasteiger partial charge >= 0.3 is 5.97 Å². The van der Waals surface area contributed by atoms with E-state index in [2.05, 4.69) is 6.92 Å². The molecule has 2 rings (SSSR count). The van der Waals surface area contributed by atoms with Crippen LogP contribution in [0, 0.1) is 11.8 Å². The summed E-state index contributed by atoms with van der Waals surface area (Å²) in [5.41, 5.74) is 0. The molecular weight excluding hydrogens is 208 g/mol. The maximum Gasteiger partial charge on any atom is 0.309 e. The monoisotopic (exact) mass is 228 g/mol. The van der Waals surface area contributed by atoms with Crippen LogP contribution < -0.4 is 0 Å². The molecule has 2 atom stereocenters. The molecule has 4 nitrogen and oxygen atoms in total. The highest BCUT2D eigenvalue weighted by Crippen LogP contribution is 2.41. The van der Waals surface area contributed by atoms with Crippen molar-refractivity contribution in [2.24, 2.45) is 11.8 Å². The molecule has 0 amide bonds. The lowest BCUT2D eigenvalue weighted by atomic mass is 9.77. The van der Waals surface area contributed by atoms with Gasteiger partial charge in [0.15, 0.2) is 5.79 Å². The topological polar surface area (TPSA) is 44.8 Å². The highest BCUT2D eigenvalue weighted by atomic mass is 16.7. The van der Waals surface area contributed by atoms with Crippen LogP contribution in [0.25, 0.3) is 0 Å². The minimum atomic E-state index is -0.400. The second kappa shape index (κ2) is 4.72. The second-order valence-corrected chi connectivity index (χ2v) is 4.69. The van der Waals surface area contributed by atoms with Crippen LogP contribution >= 0.6 is 0 Å². The molecule has 1 aliphatic heterocycles. The van der Waals surface area contributed by atoms with Crippen molar-refractivity contribution in [3.8, 4) is 0 Å². The Morgan fingerprint density at radius 3 is 2.69 bits per heavy atom. The van der Waals surface area contributed by atoms with Gasteiger partial charge in [-0.1, -0.05) is 6.92 Å². The maximum absolute atomic E-state index is 11.7. The standard InChI is InChI=1S/C12H20O4/c1-3-14-11(13)10-4-5-12(8-9(10)2)15-6-7-16-12/h9-10H,3-8H2,1-2H3/t9-,10+/m0/s1. The first-order chi connectivity index (χ1) is 7.67. The van der Waals surface area contributed by atoms with Crippen molar-refractivity contribution < 1.29 is 19.0 Å². The summed E-state index contributed by atoms with van der Waals surface area (Å²) < 4.78 is 16.4. The first kappa shape index (κ1) is 11.9. The molecule has 0 N–H and O–H groups in total. The fourth-order valence-corrected chi connectivity index (χ4v) is 2.75. The van der Waals surface area contributed by atoms with Crippen LogP contribution in [-0.2, 0) is 19.0 Å². The fraction of sp³-hybridized carbons (Fsp3) is 0.917. The summed E-state index contributed by atoms with van der Waals surface area (Å²) in [7, 11) is 0. The van der Waals surface area contributed by atoms with Gasteiger partial charge in [0.05, 0.1) is 25.7 Å². The molecular formula is C12H20O4. The number of esters is 1. The Balaban J connectivity index is 1.94. The van der Waals surface area contributed by atoms with Gasteiger partial charge in [0.1, 0.15) is 0 Å². The van der Waals surface area contributed by atoms with Gasteiger partial charge in [-0.3, -0.25) is 4.79 Å². The minimum absolute atomic E-state index is 0.0124. The maximum atomic E-state index is 11.7. The lowest BCUT2D eigenvalue weighted by Crippen LogP contribution is -2.42. The zero-order valence-electron chi connectivity index (χ0n) is 10.0. The summed E-state index contributed by atoms with van der Waals surface area (Å²) in [5, 5.41) is 0. The van der Waals surface area contributed by atoms with Gasteiger partial charge in [0.2, 0.25) is 0 Å². The fourth-order valence-electron chi connectivity index (χ4n) is 2.75. The van der Waals surface area contributed by atoms with Gasteiger partial charge in [-0.2, -0.15) is 0 Å². The van der Waals surface area contributed by atoms with Crippen molar-refractivity contribution in [1.29, 1.82) is 0 Å². The Kier molecular flexibility index (Phi) is 3.50. The molecule has 1 spiro atoms. The van der Waals surface area contributed by atoms with Gasteiger partial charge in [-0.25, -0.2) is 0 Å². The van der Waals surface area contributed by atoms with Gasteiger partial charge in [0.25, 0.3) is 0 Å². The van der Waals surface area contributed by atoms with Crippen LogP contribution in [0.4, 0.5) is 0 Å². The molecule has 2 fully saturated rings. The van der Waals surface area contributed by atoms with Gasteiger partial charge in [0, 0.05) is 12.8 Å². The highest BCUT2D eigenvalue weighted by Gasteiger charge is 2.45. The molecule has 0 aromatic rings. The van der Waals surface area contributed by atoms with Crippen molar-refractivity contribution in [3.63, 3.8) is 0 Å². The average molecular weight is 228 g/mol. The van der Waals surface area contributed by atoms with Crippen LogP contribution in [0.2, 0.25) is 0 Å². The smallest absolute Gasteiger partial charge is 0.309 e. The summed E-state index contributed by atoms with van der Waals surface area (Å²) in [6.07, 6.45) is 2.41. The molecule has 0 unspecified atom stereocenters. The van der Waals surface area contributed by atoms with E-state index in [0.717, 1.165) is 19.3 Å². The minimum Gasteiger partial charge on any atom is -0.466 e. The van der Waals surface area contributed by atoms with Crippen molar-refractivity contribution in [3.05, 3.63) is 0 Å². The van der Waals surface area contributed by atoms with E-state index in [-0.39, 0.29) is 17.8 Å². The molecule has 1 aliphatic carbocycles. The molecule has 1 saturated carbocycles. The van der Waals surface area contributed by atoms with Crippen LogP contribution in [0.15, 0.2) is 0 Å². The number of hydrogen-bond donors (Lipinski definition) is 0. The third kappa shape index (κ3) is 2.23. The third-order valence-electron chi connectivity index (χ3n) is 3.56. The van der Waals surface area contributed by atoms with E-state index >= 15 is 0 Å². The van der Waals surface area contributed by atoms with E-state index in [1.165, 1.54) is 0 Å². The third-order valence-corrected chi connectivity index (χ3v) is 3.56. The van der Waals surface area contributed by atoms with Gasteiger partial charge in [-0.15, -0.1) is 0 Å². The number of ether oxygens (including phenoxy) is 3. The number of hydrogen-bond acceptors (Lipinski definition) is 4. The summed E-state index contributed by atoms with van der Waals surface area (Å²) in [5.74, 6) is -0.185. The van der Waals surface area contributed by atoms with Gasteiger partial charge in [-0.05, 0) is 19.3 Å². The summed E-state index contributed by atoms with van der Waals surface area (Å²) >= 11 is 0. The van der Waals surface area contributed by atoms with E-state index < -0.39 is 5.79 Å². The molecule has 0 aromatic heterocycles. The van der Waals surface area contributed by atoms with E-state index in [1.54, 1.807) is 0 Å². The molecule has 0 radical (unpaired) electrons. The van der Waals surface area contributed by atoms with E-state index in [9.17, 15) is 4.79 Å². The molecule has 1 saturated heterocycles. The predicted octanol–water partition coefficient (Wildman–Crippen LogP) is 1.73. The number of carbonyl (C=O) groups is 1. The molecule has 0 aromatic carbocycles. The van der Waals surface area contributed by atoms with Crippen molar-refractivity contribution >= 4 is 5.97 Å². The predicted molar refractivity (Wildman–Crippen MR) is 57.8 cm³/mol. The number of carbonyl (C=O) groups excluding carboxylic acids is 1. The molecule has 16 heavy (non-hydrogen) atoms. The van der Waals surface area contributed by atoms with Crippen molar-refractivity contribution in [1.82, 2.24) is 0 Å². The Hall–Kier alpha value is -0.610. The molecule has 2 aliphatic rings. The van der Waals surface area contributed by atoms with Crippen LogP contribution in [-0.4, -0.2) is 31.6 Å². The summed E-state index contributed by atoms with van der Waals surface area (Å²) in [6.45, 7) is 5.73. The number of rotatable bonds is 2. The average Bonchev–Trinajstić information content (AvgIpc) is 2.66. The lowest BCUT2D eigenvalue weighted by Gasteiger charge is -2.38. The Bertz CT molecular complexity index is 258. The van der Waals surface area contributed by atoms with E-state index in [1.807, 2.05) is 6.92 Å². The highest BCUT2D eigenvalue weighted by molar-refractivity contribution is 5.72. The van der Waals surface area contributed by atoms with Gasteiger partial charge < -0.3 is 14.2 Å². The lowest BCUT2D eigenvalue weighted by molar-refractivity contribution is -0.198. The summed E-state index contributed by atoms with van der Waals surface area (Å²) in [6, 6.07) is 0. The van der Waals surface area contributed by atoms with Crippen LogP contribution in [0.5, 0.6) is 0 Å².